The Hall–Kier alpha value is -2.85. The number of ether oxygens (including phenoxy) is 1. The van der Waals surface area contributed by atoms with Crippen molar-refractivity contribution >= 4 is 61.5 Å². The van der Waals surface area contributed by atoms with Crippen LogP contribution >= 0.6 is 22.7 Å². The van der Waals surface area contributed by atoms with Crippen molar-refractivity contribution in [2.45, 2.75) is 27.2 Å². The molecular weight excluding hydrogens is 424 g/mol. The van der Waals surface area contributed by atoms with Gasteiger partial charge < -0.3 is 15.0 Å². The minimum absolute atomic E-state index is 0.107. The highest BCUT2D eigenvalue weighted by Gasteiger charge is 2.35. The fourth-order valence-electron chi connectivity index (χ4n) is 3.38. The molecule has 156 valence electrons. The van der Waals surface area contributed by atoms with E-state index >= 15 is 0 Å². The molecule has 1 saturated heterocycles. The first kappa shape index (κ1) is 20.4. The van der Waals surface area contributed by atoms with E-state index in [1.807, 2.05) is 25.1 Å². The van der Waals surface area contributed by atoms with E-state index < -0.39 is 11.9 Å². The highest BCUT2D eigenvalue weighted by atomic mass is 32.1. The standard InChI is InChI=1S/C20H20N4O4S2/c1-4-28-19(27)17-10(2)21-20(30-17)23-18(26)12-7-16(25)24(9-12)13-5-6-15-14(8-13)22-11(3)29-15/h5-6,8,12H,4,7,9H2,1-3H3,(H,21,23,26). The van der Waals surface area contributed by atoms with Gasteiger partial charge in [-0.25, -0.2) is 14.8 Å². The minimum Gasteiger partial charge on any atom is -0.462 e. The third-order valence-corrected chi connectivity index (χ3v) is 6.78. The number of aromatic nitrogens is 2. The lowest BCUT2D eigenvalue weighted by atomic mass is 10.1. The van der Waals surface area contributed by atoms with E-state index in [0.29, 0.717) is 15.7 Å². The molecule has 1 N–H and O–H groups in total. The number of nitrogens with one attached hydrogen (secondary N) is 1. The molecule has 3 heterocycles. The zero-order valence-electron chi connectivity index (χ0n) is 16.7. The van der Waals surface area contributed by atoms with E-state index in [9.17, 15) is 14.4 Å². The van der Waals surface area contributed by atoms with Crippen LogP contribution in [0.2, 0.25) is 0 Å². The Morgan fingerprint density at radius 1 is 1.27 bits per heavy atom. The Morgan fingerprint density at radius 3 is 2.83 bits per heavy atom. The van der Waals surface area contributed by atoms with Crippen molar-refractivity contribution in [2.75, 3.05) is 23.4 Å². The molecule has 3 aromatic rings. The largest absolute Gasteiger partial charge is 0.462 e. The summed E-state index contributed by atoms with van der Waals surface area (Å²) in [6, 6.07) is 5.71. The first-order chi connectivity index (χ1) is 14.4. The van der Waals surface area contributed by atoms with Crippen LogP contribution in [0.5, 0.6) is 0 Å². The molecule has 1 aliphatic rings. The molecule has 0 bridgehead atoms. The summed E-state index contributed by atoms with van der Waals surface area (Å²) < 4.78 is 6.06. The Bertz CT molecular complexity index is 1150. The molecule has 1 aliphatic heterocycles. The van der Waals surface area contributed by atoms with Crippen molar-refractivity contribution < 1.29 is 19.1 Å². The third kappa shape index (κ3) is 3.92. The molecule has 8 nitrogen and oxygen atoms in total. The van der Waals surface area contributed by atoms with Crippen LogP contribution in [0.15, 0.2) is 18.2 Å². The lowest BCUT2D eigenvalue weighted by molar-refractivity contribution is -0.122. The predicted molar refractivity (Wildman–Crippen MR) is 116 cm³/mol. The Kier molecular flexibility index (Phi) is 5.52. The number of nitrogens with zero attached hydrogens (tertiary/aromatic N) is 3. The maximum atomic E-state index is 12.7. The number of amides is 2. The number of anilines is 2. The SMILES string of the molecule is CCOC(=O)c1sc(NC(=O)C2CC(=O)N(c3ccc4sc(C)nc4c3)C2)nc1C. The third-order valence-electron chi connectivity index (χ3n) is 4.77. The Labute approximate surface area is 180 Å². The molecule has 2 amide bonds. The van der Waals surface area contributed by atoms with Gasteiger partial charge in [-0.2, -0.15) is 0 Å². The number of thiazole rings is 2. The summed E-state index contributed by atoms with van der Waals surface area (Å²) >= 11 is 2.67. The number of hydrogen-bond donors (Lipinski definition) is 1. The van der Waals surface area contributed by atoms with Crippen LogP contribution in [0, 0.1) is 19.8 Å². The van der Waals surface area contributed by atoms with Gasteiger partial charge in [0.05, 0.1) is 33.4 Å². The molecule has 4 rings (SSSR count). The van der Waals surface area contributed by atoms with E-state index in [-0.39, 0.29) is 31.4 Å². The number of benzene rings is 1. The van der Waals surface area contributed by atoms with Crippen molar-refractivity contribution in [3.8, 4) is 0 Å². The molecule has 1 fully saturated rings. The Balaban J connectivity index is 1.46. The first-order valence-electron chi connectivity index (χ1n) is 9.48. The van der Waals surface area contributed by atoms with Crippen molar-refractivity contribution in [2.24, 2.45) is 5.92 Å². The predicted octanol–water partition coefficient (Wildman–Crippen LogP) is 3.54. The number of hydrogen-bond acceptors (Lipinski definition) is 8. The smallest absolute Gasteiger partial charge is 0.350 e. The lowest BCUT2D eigenvalue weighted by Gasteiger charge is -2.16. The molecule has 0 spiro atoms. The van der Waals surface area contributed by atoms with E-state index in [1.165, 1.54) is 0 Å². The zero-order chi connectivity index (χ0) is 21.4. The second-order valence-electron chi connectivity index (χ2n) is 6.93. The Morgan fingerprint density at radius 2 is 2.07 bits per heavy atom. The normalized spacial score (nSPS) is 16.3. The van der Waals surface area contributed by atoms with Gasteiger partial charge in [0.15, 0.2) is 5.13 Å². The molecular formula is C20H20N4O4S2. The summed E-state index contributed by atoms with van der Waals surface area (Å²) in [5.74, 6) is -1.35. The summed E-state index contributed by atoms with van der Waals surface area (Å²) in [6.07, 6.45) is 0.120. The number of carbonyl (C=O) groups is 3. The van der Waals surface area contributed by atoms with Gasteiger partial charge in [0.25, 0.3) is 0 Å². The van der Waals surface area contributed by atoms with Gasteiger partial charge in [-0.1, -0.05) is 11.3 Å². The average molecular weight is 445 g/mol. The summed E-state index contributed by atoms with van der Waals surface area (Å²) in [4.78, 5) is 47.9. The second-order valence-corrected chi connectivity index (χ2v) is 9.17. The quantitative estimate of drug-likeness (QED) is 0.604. The van der Waals surface area contributed by atoms with Gasteiger partial charge in [0.1, 0.15) is 4.88 Å². The summed E-state index contributed by atoms with van der Waals surface area (Å²) in [7, 11) is 0. The molecule has 2 aromatic heterocycles. The fraction of sp³-hybridized carbons (Fsp3) is 0.350. The van der Waals surface area contributed by atoms with Crippen LogP contribution in [-0.2, 0) is 14.3 Å². The van der Waals surface area contributed by atoms with E-state index in [2.05, 4.69) is 15.3 Å². The average Bonchev–Trinajstić information content (AvgIpc) is 3.37. The number of rotatable bonds is 5. The minimum atomic E-state index is -0.499. The van der Waals surface area contributed by atoms with Crippen molar-refractivity contribution in [1.82, 2.24) is 9.97 Å². The molecule has 0 aliphatic carbocycles. The summed E-state index contributed by atoms with van der Waals surface area (Å²) in [6.45, 7) is 5.92. The molecule has 0 saturated carbocycles. The van der Waals surface area contributed by atoms with E-state index in [1.54, 1.807) is 30.1 Å². The number of fused-ring (bicyclic) bond motifs is 1. The van der Waals surface area contributed by atoms with Crippen LogP contribution in [0.1, 0.15) is 33.7 Å². The van der Waals surface area contributed by atoms with Crippen LogP contribution in [0.3, 0.4) is 0 Å². The van der Waals surface area contributed by atoms with Crippen LogP contribution in [-0.4, -0.2) is 40.9 Å². The van der Waals surface area contributed by atoms with Crippen LogP contribution in [0.25, 0.3) is 10.2 Å². The van der Waals surface area contributed by atoms with Crippen molar-refractivity contribution in [1.29, 1.82) is 0 Å². The van der Waals surface area contributed by atoms with E-state index in [4.69, 9.17) is 4.74 Å². The summed E-state index contributed by atoms with van der Waals surface area (Å²) in [5.41, 5.74) is 2.09. The topological polar surface area (TPSA) is 101 Å². The second kappa shape index (κ2) is 8.11. The van der Waals surface area contributed by atoms with Crippen molar-refractivity contribution in [3.63, 3.8) is 0 Å². The van der Waals surface area contributed by atoms with Crippen LogP contribution in [0.4, 0.5) is 10.8 Å². The van der Waals surface area contributed by atoms with Gasteiger partial charge in [-0.3, -0.25) is 9.59 Å². The van der Waals surface area contributed by atoms with Gasteiger partial charge in [0.2, 0.25) is 11.8 Å². The number of esters is 1. The fourth-order valence-corrected chi connectivity index (χ4v) is 5.05. The van der Waals surface area contributed by atoms with Gasteiger partial charge in [-0.05, 0) is 39.0 Å². The number of carbonyl (C=O) groups excluding carboxylic acids is 3. The van der Waals surface area contributed by atoms with Gasteiger partial charge >= 0.3 is 5.97 Å². The van der Waals surface area contributed by atoms with Gasteiger partial charge in [0, 0.05) is 18.7 Å². The molecule has 1 aromatic carbocycles. The molecule has 10 heteroatoms. The maximum absolute atomic E-state index is 12.7. The first-order valence-corrected chi connectivity index (χ1v) is 11.1. The van der Waals surface area contributed by atoms with Gasteiger partial charge in [-0.15, -0.1) is 11.3 Å². The highest BCUT2D eigenvalue weighted by molar-refractivity contribution is 7.18. The highest BCUT2D eigenvalue weighted by Crippen LogP contribution is 2.31. The summed E-state index contributed by atoms with van der Waals surface area (Å²) in [5, 5.41) is 4.03. The number of aryl methyl sites for hydroxylation is 2. The molecule has 1 unspecified atom stereocenters. The maximum Gasteiger partial charge on any atom is 0.350 e. The molecule has 30 heavy (non-hydrogen) atoms. The molecule has 1 atom stereocenters. The molecule has 0 radical (unpaired) electrons. The monoisotopic (exact) mass is 444 g/mol. The van der Waals surface area contributed by atoms with Crippen molar-refractivity contribution in [3.05, 3.63) is 33.8 Å². The van der Waals surface area contributed by atoms with Crippen LogP contribution < -0.4 is 10.2 Å². The lowest BCUT2D eigenvalue weighted by Crippen LogP contribution is -2.28. The zero-order valence-corrected chi connectivity index (χ0v) is 18.4. The van der Waals surface area contributed by atoms with E-state index in [0.717, 1.165) is 32.2 Å².